The lowest BCUT2D eigenvalue weighted by Gasteiger charge is -2.27. The highest BCUT2D eigenvalue weighted by molar-refractivity contribution is 7.91. The SMILES string of the molecule is N#CC=C1CCC(n2c(CO)nc3c(S(=O)(=O)c4ccccc4)nc4[nH]ccc4c32)CC1. The van der Waals surface area contributed by atoms with Crippen molar-refractivity contribution in [3.05, 3.63) is 60.1 Å². The van der Waals surface area contributed by atoms with Crippen LogP contribution in [0.15, 0.2) is 64.2 Å². The van der Waals surface area contributed by atoms with Crippen LogP contribution in [0.25, 0.3) is 22.1 Å². The molecular weight excluding hydrogens is 426 g/mol. The number of nitrogens with one attached hydrogen (secondary N) is 1. The fraction of sp³-hybridized carbons (Fsp3) is 0.261. The molecule has 0 unspecified atom stereocenters. The molecule has 1 aromatic carbocycles. The third kappa shape index (κ3) is 3.20. The molecule has 0 amide bonds. The van der Waals surface area contributed by atoms with Crippen LogP contribution in [0.2, 0.25) is 0 Å². The van der Waals surface area contributed by atoms with Crippen molar-refractivity contribution in [1.29, 1.82) is 5.26 Å². The molecule has 0 atom stereocenters. The first-order chi connectivity index (χ1) is 15.5. The number of aliphatic hydroxyl groups excluding tert-OH is 1. The van der Waals surface area contributed by atoms with Crippen molar-refractivity contribution < 1.29 is 13.5 Å². The lowest BCUT2D eigenvalue weighted by molar-refractivity contribution is 0.256. The fourth-order valence-electron chi connectivity index (χ4n) is 4.55. The van der Waals surface area contributed by atoms with Gasteiger partial charge in [0.25, 0.3) is 0 Å². The molecular formula is C23H21N5O3S. The van der Waals surface area contributed by atoms with E-state index in [2.05, 4.69) is 21.0 Å². The van der Waals surface area contributed by atoms with E-state index in [1.807, 2.05) is 10.6 Å². The van der Waals surface area contributed by atoms with E-state index in [-0.39, 0.29) is 28.1 Å². The number of hydrogen-bond donors (Lipinski definition) is 2. The van der Waals surface area contributed by atoms with Gasteiger partial charge in [-0.25, -0.2) is 18.4 Å². The number of sulfone groups is 1. The van der Waals surface area contributed by atoms with Crippen molar-refractivity contribution in [2.24, 2.45) is 0 Å². The van der Waals surface area contributed by atoms with E-state index in [1.54, 1.807) is 30.5 Å². The Morgan fingerprint density at radius 1 is 1.19 bits per heavy atom. The summed E-state index contributed by atoms with van der Waals surface area (Å²) < 4.78 is 28.9. The van der Waals surface area contributed by atoms with Crippen molar-refractivity contribution in [2.75, 3.05) is 0 Å². The molecule has 9 heteroatoms. The standard InChI is InChI=1S/C23H21N5O3S/c24-12-10-15-6-8-16(9-7-15)28-19(14-29)26-20-21(28)18-11-13-25-22(18)27-23(20)32(30,31)17-4-2-1-3-5-17/h1-5,10-11,13,16,29H,6-9,14H2,(H,25,27). The quantitative estimate of drug-likeness (QED) is 0.459. The Hall–Kier alpha value is -3.48. The number of H-pyrrole nitrogens is 1. The normalized spacial score (nSPS) is 17.0. The number of pyridine rings is 1. The van der Waals surface area contributed by atoms with E-state index >= 15 is 0 Å². The number of nitriles is 1. The maximum Gasteiger partial charge on any atom is 0.226 e. The number of allylic oxidation sites excluding steroid dienone is 2. The molecule has 3 aromatic heterocycles. The van der Waals surface area contributed by atoms with E-state index in [9.17, 15) is 13.5 Å². The lowest BCUT2D eigenvalue weighted by Crippen LogP contribution is -2.16. The van der Waals surface area contributed by atoms with E-state index < -0.39 is 9.84 Å². The van der Waals surface area contributed by atoms with Crippen molar-refractivity contribution in [3.63, 3.8) is 0 Å². The van der Waals surface area contributed by atoms with Crippen molar-refractivity contribution in [2.45, 2.75) is 48.3 Å². The van der Waals surface area contributed by atoms with Gasteiger partial charge in [0.05, 0.1) is 16.5 Å². The first-order valence-electron chi connectivity index (χ1n) is 10.4. The topological polar surface area (TPSA) is 125 Å². The zero-order valence-electron chi connectivity index (χ0n) is 17.2. The Morgan fingerprint density at radius 2 is 1.94 bits per heavy atom. The molecule has 8 nitrogen and oxygen atoms in total. The molecule has 1 aliphatic rings. The molecule has 32 heavy (non-hydrogen) atoms. The highest BCUT2D eigenvalue weighted by Gasteiger charge is 2.30. The molecule has 0 spiro atoms. The second-order valence-corrected chi connectivity index (χ2v) is 9.75. The summed E-state index contributed by atoms with van der Waals surface area (Å²) in [6.07, 6.45) is 6.44. The number of aromatic amines is 1. The number of nitrogens with zero attached hydrogens (tertiary/aromatic N) is 4. The average Bonchev–Trinajstić information content (AvgIpc) is 3.44. The second-order valence-electron chi connectivity index (χ2n) is 7.89. The van der Waals surface area contributed by atoms with Crippen LogP contribution in [0.5, 0.6) is 0 Å². The predicted octanol–water partition coefficient (Wildman–Crippen LogP) is 3.80. The summed E-state index contributed by atoms with van der Waals surface area (Å²) >= 11 is 0. The summed E-state index contributed by atoms with van der Waals surface area (Å²) in [6.45, 7) is -0.317. The Kier molecular flexibility index (Phi) is 5.04. The highest BCUT2D eigenvalue weighted by atomic mass is 32.2. The zero-order valence-corrected chi connectivity index (χ0v) is 18.0. The largest absolute Gasteiger partial charge is 0.388 e. The molecule has 5 rings (SSSR count). The number of aromatic nitrogens is 4. The van der Waals surface area contributed by atoms with E-state index in [4.69, 9.17) is 5.26 Å². The van der Waals surface area contributed by atoms with Crippen LogP contribution in [0.3, 0.4) is 0 Å². The molecule has 1 saturated carbocycles. The van der Waals surface area contributed by atoms with Crippen molar-refractivity contribution in [1.82, 2.24) is 19.5 Å². The lowest BCUT2D eigenvalue weighted by atomic mass is 9.90. The number of aliphatic hydroxyl groups is 1. The van der Waals surface area contributed by atoms with Crippen LogP contribution in [0.4, 0.5) is 0 Å². The van der Waals surface area contributed by atoms with Gasteiger partial charge in [0.2, 0.25) is 9.84 Å². The Labute approximate surface area is 184 Å². The monoisotopic (exact) mass is 447 g/mol. The number of rotatable bonds is 4. The van der Waals surface area contributed by atoms with Crippen LogP contribution < -0.4 is 0 Å². The minimum atomic E-state index is -3.93. The maximum absolute atomic E-state index is 13.5. The molecule has 0 radical (unpaired) electrons. The number of fused-ring (bicyclic) bond motifs is 3. The summed E-state index contributed by atoms with van der Waals surface area (Å²) in [5.41, 5.74) is 2.49. The zero-order chi connectivity index (χ0) is 22.3. The van der Waals surface area contributed by atoms with Gasteiger partial charge in [-0.15, -0.1) is 0 Å². The molecule has 2 N–H and O–H groups in total. The van der Waals surface area contributed by atoms with Gasteiger partial charge in [-0.3, -0.25) is 0 Å². The summed E-state index contributed by atoms with van der Waals surface area (Å²) in [5, 5.41) is 19.7. The molecule has 1 fully saturated rings. The summed E-state index contributed by atoms with van der Waals surface area (Å²) in [5.74, 6) is 0.415. The van der Waals surface area contributed by atoms with Gasteiger partial charge in [0.1, 0.15) is 23.6 Å². The molecule has 0 saturated heterocycles. The molecule has 162 valence electrons. The van der Waals surface area contributed by atoms with Crippen LogP contribution in [0, 0.1) is 11.3 Å². The van der Waals surface area contributed by atoms with Gasteiger partial charge in [-0.05, 0) is 43.9 Å². The van der Waals surface area contributed by atoms with Crippen LogP contribution in [0.1, 0.15) is 37.5 Å². The number of benzene rings is 1. The summed E-state index contributed by atoms with van der Waals surface area (Å²) in [6, 6.07) is 12.2. The van der Waals surface area contributed by atoms with Crippen LogP contribution in [-0.2, 0) is 16.4 Å². The van der Waals surface area contributed by atoms with E-state index in [1.165, 1.54) is 12.1 Å². The van der Waals surface area contributed by atoms with Gasteiger partial charge in [0.15, 0.2) is 5.03 Å². The Balaban J connectivity index is 1.76. The van der Waals surface area contributed by atoms with Gasteiger partial charge in [0, 0.05) is 23.7 Å². The maximum atomic E-state index is 13.5. The molecule has 3 heterocycles. The number of imidazole rings is 1. The van der Waals surface area contributed by atoms with Gasteiger partial charge in [-0.1, -0.05) is 23.8 Å². The molecule has 0 aliphatic heterocycles. The Morgan fingerprint density at radius 3 is 2.62 bits per heavy atom. The minimum Gasteiger partial charge on any atom is -0.388 e. The fourth-order valence-corrected chi connectivity index (χ4v) is 5.90. The average molecular weight is 448 g/mol. The van der Waals surface area contributed by atoms with E-state index in [0.29, 0.717) is 17.0 Å². The summed E-state index contributed by atoms with van der Waals surface area (Å²) in [7, 11) is -3.93. The van der Waals surface area contributed by atoms with Gasteiger partial charge >= 0.3 is 0 Å². The van der Waals surface area contributed by atoms with Crippen LogP contribution in [-0.4, -0.2) is 33.0 Å². The smallest absolute Gasteiger partial charge is 0.226 e. The van der Waals surface area contributed by atoms with Crippen molar-refractivity contribution in [3.8, 4) is 6.07 Å². The molecule has 0 bridgehead atoms. The molecule has 4 aromatic rings. The van der Waals surface area contributed by atoms with E-state index in [0.717, 1.165) is 36.6 Å². The second kappa shape index (κ2) is 7.89. The Bertz CT molecular complexity index is 1480. The first-order valence-corrected chi connectivity index (χ1v) is 11.9. The van der Waals surface area contributed by atoms with Gasteiger partial charge in [-0.2, -0.15) is 5.26 Å². The minimum absolute atomic E-state index is 0.0331. The predicted molar refractivity (Wildman–Crippen MR) is 118 cm³/mol. The molecule has 1 aliphatic carbocycles. The third-order valence-corrected chi connectivity index (χ3v) is 7.75. The summed E-state index contributed by atoms with van der Waals surface area (Å²) in [4.78, 5) is 12.2. The number of hydrogen-bond acceptors (Lipinski definition) is 6. The van der Waals surface area contributed by atoms with Gasteiger partial charge < -0.3 is 14.7 Å². The van der Waals surface area contributed by atoms with Crippen LogP contribution >= 0.6 is 0 Å². The third-order valence-electron chi connectivity index (χ3n) is 6.06. The first kappa shape index (κ1) is 20.4. The highest BCUT2D eigenvalue weighted by Crippen LogP contribution is 2.39. The van der Waals surface area contributed by atoms with Crippen molar-refractivity contribution >= 4 is 31.9 Å².